The van der Waals surface area contributed by atoms with E-state index in [0.717, 1.165) is 25.3 Å². The second-order valence-corrected chi connectivity index (χ2v) is 6.64. The van der Waals surface area contributed by atoms with E-state index in [9.17, 15) is 4.79 Å². The predicted molar refractivity (Wildman–Crippen MR) is 97.3 cm³/mol. The van der Waals surface area contributed by atoms with E-state index in [1.165, 1.54) is 5.56 Å². The van der Waals surface area contributed by atoms with Crippen molar-refractivity contribution < 1.29 is 9.53 Å². The van der Waals surface area contributed by atoms with Gasteiger partial charge in [0.2, 0.25) is 0 Å². The normalized spacial score (nSPS) is 20.4. The van der Waals surface area contributed by atoms with E-state index in [-0.39, 0.29) is 12.5 Å². The molecule has 132 valence electrons. The van der Waals surface area contributed by atoms with Gasteiger partial charge in [0.05, 0.1) is 0 Å². The van der Waals surface area contributed by atoms with E-state index >= 15 is 0 Å². The van der Waals surface area contributed by atoms with Gasteiger partial charge in [0.1, 0.15) is 5.75 Å². The molecule has 2 atom stereocenters. The smallest absolute Gasteiger partial charge is 0.260 e. The van der Waals surface area contributed by atoms with Gasteiger partial charge in [-0.05, 0) is 49.7 Å². The van der Waals surface area contributed by atoms with Crippen LogP contribution in [0.2, 0.25) is 0 Å². The minimum atomic E-state index is 0.00310. The lowest BCUT2D eigenvalue weighted by atomic mass is 9.94. The number of aromatic nitrogens is 1. The van der Waals surface area contributed by atoms with Crippen molar-refractivity contribution in [2.75, 3.05) is 33.8 Å². The number of likely N-dealkylation sites (tertiary alicyclic amines) is 1. The molecule has 0 radical (unpaired) electrons. The standard InChI is InChI=1S/C20H25N3O2/c1-22-12-10-17(20(22)16-7-6-11-21-13-16)14-23(2)19(24)15-25-18-8-4-3-5-9-18/h3-9,11,13,17,20H,10,12,14-15H2,1-2H3/t17-,20-/m0/s1. The predicted octanol–water partition coefficient (Wildman–Crippen LogP) is 2.61. The van der Waals surface area contributed by atoms with Crippen LogP contribution in [-0.2, 0) is 4.79 Å². The van der Waals surface area contributed by atoms with Crippen molar-refractivity contribution in [2.45, 2.75) is 12.5 Å². The number of para-hydroxylation sites is 1. The van der Waals surface area contributed by atoms with Crippen LogP contribution in [0.25, 0.3) is 0 Å². The second-order valence-electron chi connectivity index (χ2n) is 6.64. The Balaban J connectivity index is 1.57. The van der Waals surface area contributed by atoms with Gasteiger partial charge in [-0.15, -0.1) is 0 Å². The highest BCUT2D eigenvalue weighted by molar-refractivity contribution is 5.77. The van der Waals surface area contributed by atoms with Gasteiger partial charge in [0.15, 0.2) is 6.61 Å². The zero-order valence-electron chi connectivity index (χ0n) is 14.8. The van der Waals surface area contributed by atoms with Crippen molar-refractivity contribution >= 4 is 5.91 Å². The van der Waals surface area contributed by atoms with Gasteiger partial charge < -0.3 is 9.64 Å². The summed E-state index contributed by atoms with van der Waals surface area (Å²) in [5, 5.41) is 0. The fourth-order valence-corrected chi connectivity index (χ4v) is 3.52. The van der Waals surface area contributed by atoms with Gasteiger partial charge in [-0.25, -0.2) is 0 Å². The van der Waals surface area contributed by atoms with Gasteiger partial charge in [0.25, 0.3) is 5.91 Å². The van der Waals surface area contributed by atoms with E-state index in [4.69, 9.17) is 4.74 Å². The second kappa shape index (κ2) is 8.12. The van der Waals surface area contributed by atoms with E-state index in [1.54, 1.807) is 11.1 Å². The number of amides is 1. The van der Waals surface area contributed by atoms with Gasteiger partial charge in [-0.3, -0.25) is 14.7 Å². The number of pyridine rings is 1. The molecule has 1 aliphatic rings. The molecule has 1 aromatic heterocycles. The molecule has 1 aliphatic heterocycles. The molecule has 5 nitrogen and oxygen atoms in total. The lowest BCUT2D eigenvalue weighted by molar-refractivity contribution is -0.132. The lowest BCUT2D eigenvalue weighted by Crippen LogP contribution is -2.37. The Morgan fingerprint density at radius 3 is 2.80 bits per heavy atom. The van der Waals surface area contributed by atoms with Gasteiger partial charge in [-0.1, -0.05) is 24.3 Å². The van der Waals surface area contributed by atoms with Crippen LogP contribution in [0.15, 0.2) is 54.9 Å². The molecule has 2 aromatic rings. The third kappa shape index (κ3) is 4.37. The fraction of sp³-hybridized carbons (Fsp3) is 0.400. The summed E-state index contributed by atoms with van der Waals surface area (Å²) in [6.45, 7) is 1.83. The monoisotopic (exact) mass is 339 g/mol. The largest absolute Gasteiger partial charge is 0.484 e. The minimum Gasteiger partial charge on any atom is -0.484 e. The van der Waals surface area contributed by atoms with Crippen molar-refractivity contribution in [3.05, 3.63) is 60.4 Å². The van der Waals surface area contributed by atoms with E-state index in [0.29, 0.717) is 12.0 Å². The zero-order valence-corrected chi connectivity index (χ0v) is 14.8. The summed E-state index contributed by atoms with van der Waals surface area (Å²) in [5.74, 6) is 1.13. The van der Waals surface area contributed by atoms with Crippen molar-refractivity contribution in [3.63, 3.8) is 0 Å². The Morgan fingerprint density at radius 1 is 1.28 bits per heavy atom. The molecular formula is C20H25N3O2. The van der Waals surface area contributed by atoms with Crippen LogP contribution in [0.4, 0.5) is 0 Å². The van der Waals surface area contributed by atoms with Crippen molar-refractivity contribution in [1.29, 1.82) is 0 Å². The zero-order chi connectivity index (χ0) is 17.6. The summed E-state index contributed by atoms with van der Waals surface area (Å²) in [6.07, 6.45) is 4.80. The number of carbonyl (C=O) groups is 1. The lowest BCUT2D eigenvalue weighted by Gasteiger charge is -2.28. The first kappa shape index (κ1) is 17.4. The molecule has 0 spiro atoms. The Morgan fingerprint density at radius 2 is 2.08 bits per heavy atom. The molecule has 25 heavy (non-hydrogen) atoms. The SMILES string of the molecule is CN(C[C@@H]1CCN(C)[C@H]1c1cccnc1)C(=O)COc1ccccc1. The number of benzene rings is 1. The van der Waals surface area contributed by atoms with Crippen molar-refractivity contribution in [3.8, 4) is 5.75 Å². The Hall–Kier alpha value is -2.40. The maximum Gasteiger partial charge on any atom is 0.260 e. The molecule has 1 saturated heterocycles. The molecule has 0 N–H and O–H groups in total. The summed E-state index contributed by atoms with van der Waals surface area (Å²) >= 11 is 0. The summed E-state index contributed by atoms with van der Waals surface area (Å²) in [4.78, 5) is 20.8. The van der Waals surface area contributed by atoms with Crippen LogP contribution in [-0.4, -0.2) is 54.5 Å². The molecule has 0 saturated carbocycles. The highest BCUT2D eigenvalue weighted by atomic mass is 16.5. The number of hydrogen-bond acceptors (Lipinski definition) is 4. The van der Waals surface area contributed by atoms with Crippen molar-refractivity contribution in [2.24, 2.45) is 5.92 Å². The van der Waals surface area contributed by atoms with Crippen LogP contribution < -0.4 is 4.74 Å². The van der Waals surface area contributed by atoms with Crippen LogP contribution >= 0.6 is 0 Å². The minimum absolute atomic E-state index is 0.00310. The quantitative estimate of drug-likeness (QED) is 0.812. The molecule has 2 heterocycles. The highest BCUT2D eigenvalue weighted by Gasteiger charge is 2.34. The Bertz CT molecular complexity index is 678. The number of likely N-dealkylation sites (N-methyl/N-ethyl adjacent to an activating group) is 1. The highest BCUT2D eigenvalue weighted by Crippen LogP contribution is 2.36. The van der Waals surface area contributed by atoms with Crippen LogP contribution in [0.3, 0.4) is 0 Å². The maximum absolute atomic E-state index is 12.4. The van der Waals surface area contributed by atoms with Gasteiger partial charge in [0, 0.05) is 32.0 Å². The third-order valence-electron chi connectivity index (χ3n) is 4.84. The number of ether oxygens (including phenoxy) is 1. The molecule has 0 bridgehead atoms. The number of carbonyl (C=O) groups excluding carboxylic acids is 1. The summed E-state index contributed by atoms with van der Waals surface area (Å²) in [6, 6.07) is 13.8. The summed E-state index contributed by atoms with van der Waals surface area (Å²) in [5.41, 5.74) is 1.22. The van der Waals surface area contributed by atoms with E-state index < -0.39 is 0 Å². The molecule has 3 rings (SSSR count). The van der Waals surface area contributed by atoms with E-state index in [1.807, 2.05) is 49.6 Å². The number of hydrogen-bond donors (Lipinski definition) is 0. The fourth-order valence-electron chi connectivity index (χ4n) is 3.52. The molecule has 1 aromatic carbocycles. The summed E-state index contributed by atoms with van der Waals surface area (Å²) in [7, 11) is 3.99. The first-order valence-corrected chi connectivity index (χ1v) is 8.67. The molecular weight excluding hydrogens is 314 g/mol. The van der Waals surface area contributed by atoms with E-state index in [2.05, 4.69) is 23.0 Å². The Kier molecular flexibility index (Phi) is 5.66. The first-order chi connectivity index (χ1) is 12.1. The molecule has 5 heteroatoms. The van der Waals surface area contributed by atoms with Crippen molar-refractivity contribution in [1.82, 2.24) is 14.8 Å². The molecule has 1 amide bonds. The average Bonchev–Trinajstić information content (AvgIpc) is 3.01. The van der Waals surface area contributed by atoms with Crippen LogP contribution in [0, 0.1) is 5.92 Å². The van der Waals surface area contributed by atoms with Crippen LogP contribution in [0.1, 0.15) is 18.0 Å². The Labute approximate surface area is 149 Å². The van der Waals surface area contributed by atoms with Gasteiger partial charge >= 0.3 is 0 Å². The number of rotatable bonds is 6. The molecule has 0 aliphatic carbocycles. The molecule has 1 fully saturated rings. The average molecular weight is 339 g/mol. The topological polar surface area (TPSA) is 45.7 Å². The third-order valence-corrected chi connectivity index (χ3v) is 4.84. The summed E-state index contributed by atoms with van der Waals surface area (Å²) < 4.78 is 5.57. The van der Waals surface area contributed by atoms with Gasteiger partial charge in [-0.2, -0.15) is 0 Å². The molecule has 0 unspecified atom stereocenters. The van der Waals surface area contributed by atoms with Crippen LogP contribution in [0.5, 0.6) is 5.75 Å². The first-order valence-electron chi connectivity index (χ1n) is 8.67. The number of nitrogens with zero attached hydrogens (tertiary/aromatic N) is 3. The maximum atomic E-state index is 12.4.